The van der Waals surface area contributed by atoms with Gasteiger partial charge in [-0.25, -0.2) is 0 Å². The Hall–Kier alpha value is -1.26. The maximum Gasteiger partial charge on any atom is 0.231 e. The highest BCUT2D eigenvalue weighted by Gasteiger charge is 2.15. The summed E-state index contributed by atoms with van der Waals surface area (Å²) in [6.07, 6.45) is -0.852. The minimum absolute atomic E-state index is 0.216. The van der Waals surface area contributed by atoms with Crippen LogP contribution in [0.25, 0.3) is 0 Å². The second-order valence-electron chi connectivity index (χ2n) is 2.81. The molecule has 0 spiro atoms. The van der Waals surface area contributed by atoms with Gasteiger partial charge in [-0.15, -0.1) is 0 Å². The number of aliphatic hydroxyl groups is 2. The number of aliphatic hydroxyl groups excluding tert-OH is 2. The maximum absolute atomic E-state index is 9.31. The van der Waals surface area contributed by atoms with Gasteiger partial charge in [0.25, 0.3) is 0 Å². The van der Waals surface area contributed by atoms with Gasteiger partial charge in [0.05, 0.1) is 6.61 Å². The van der Waals surface area contributed by atoms with Crippen LogP contribution in [-0.2, 0) is 0 Å². The molecule has 2 rings (SSSR count). The SMILES string of the molecule is OCC(O)c1ccc2c(c1)OCO2. The molecule has 0 aliphatic carbocycles. The highest BCUT2D eigenvalue weighted by atomic mass is 16.7. The molecule has 1 aliphatic heterocycles. The van der Waals surface area contributed by atoms with Gasteiger partial charge >= 0.3 is 0 Å². The van der Waals surface area contributed by atoms with Crippen LogP contribution in [0.15, 0.2) is 18.2 Å². The molecule has 0 saturated carbocycles. The zero-order valence-corrected chi connectivity index (χ0v) is 6.93. The van der Waals surface area contributed by atoms with Crippen LogP contribution in [-0.4, -0.2) is 23.6 Å². The molecule has 4 nitrogen and oxygen atoms in total. The summed E-state index contributed by atoms with van der Waals surface area (Å²) in [6, 6.07) is 5.09. The zero-order valence-electron chi connectivity index (χ0n) is 6.93. The number of benzene rings is 1. The third kappa shape index (κ3) is 1.46. The molecule has 2 N–H and O–H groups in total. The van der Waals surface area contributed by atoms with Crippen molar-refractivity contribution in [3.8, 4) is 11.5 Å². The van der Waals surface area contributed by atoms with Crippen molar-refractivity contribution in [1.82, 2.24) is 0 Å². The van der Waals surface area contributed by atoms with Crippen molar-refractivity contribution < 1.29 is 19.7 Å². The molecular weight excluding hydrogens is 172 g/mol. The quantitative estimate of drug-likeness (QED) is 0.696. The fourth-order valence-electron chi connectivity index (χ4n) is 1.23. The van der Waals surface area contributed by atoms with E-state index < -0.39 is 6.10 Å². The Morgan fingerprint density at radius 2 is 2.08 bits per heavy atom. The molecule has 70 valence electrons. The molecular formula is C9H10O4. The van der Waals surface area contributed by atoms with Gasteiger partial charge in [0, 0.05) is 0 Å². The van der Waals surface area contributed by atoms with Gasteiger partial charge in [-0.2, -0.15) is 0 Å². The molecule has 0 amide bonds. The third-order valence-electron chi connectivity index (χ3n) is 1.95. The molecule has 1 unspecified atom stereocenters. The number of ether oxygens (including phenoxy) is 2. The average molecular weight is 182 g/mol. The summed E-state index contributed by atoms with van der Waals surface area (Å²) >= 11 is 0. The number of fused-ring (bicyclic) bond motifs is 1. The van der Waals surface area contributed by atoms with Gasteiger partial charge in [0.2, 0.25) is 6.79 Å². The van der Waals surface area contributed by atoms with Gasteiger partial charge < -0.3 is 19.7 Å². The molecule has 0 aromatic heterocycles. The van der Waals surface area contributed by atoms with E-state index in [1.54, 1.807) is 18.2 Å². The lowest BCUT2D eigenvalue weighted by atomic mass is 10.1. The van der Waals surface area contributed by atoms with Crippen LogP contribution in [0, 0.1) is 0 Å². The van der Waals surface area contributed by atoms with E-state index in [1.807, 2.05) is 0 Å². The summed E-state index contributed by atoms with van der Waals surface area (Å²) in [6.45, 7) is -0.0757. The first-order valence-electron chi connectivity index (χ1n) is 3.99. The monoisotopic (exact) mass is 182 g/mol. The first-order valence-corrected chi connectivity index (χ1v) is 3.99. The lowest BCUT2D eigenvalue weighted by Crippen LogP contribution is -2.01. The largest absolute Gasteiger partial charge is 0.454 e. The second-order valence-corrected chi connectivity index (χ2v) is 2.81. The Kier molecular flexibility index (Phi) is 2.08. The Morgan fingerprint density at radius 1 is 1.31 bits per heavy atom. The Balaban J connectivity index is 2.30. The molecule has 0 fully saturated rings. The molecule has 1 heterocycles. The Bertz CT molecular complexity index is 310. The average Bonchev–Trinajstić information content (AvgIpc) is 2.63. The lowest BCUT2D eigenvalue weighted by molar-refractivity contribution is 0.0954. The van der Waals surface area contributed by atoms with Crippen molar-refractivity contribution >= 4 is 0 Å². The fraction of sp³-hybridized carbons (Fsp3) is 0.333. The minimum atomic E-state index is -0.852. The predicted molar refractivity (Wildman–Crippen MR) is 44.6 cm³/mol. The van der Waals surface area contributed by atoms with Gasteiger partial charge in [0.1, 0.15) is 6.10 Å². The summed E-state index contributed by atoms with van der Waals surface area (Å²) in [5.41, 5.74) is 0.631. The van der Waals surface area contributed by atoms with E-state index in [2.05, 4.69) is 0 Å². The van der Waals surface area contributed by atoms with Crippen molar-refractivity contribution in [3.05, 3.63) is 23.8 Å². The van der Waals surface area contributed by atoms with Crippen molar-refractivity contribution in [3.63, 3.8) is 0 Å². The van der Waals surface area contributed by atoms with E-state index >= 15 is 0 Å². The topological polar surface area (TPSA) is 58.9 Å². The molecule has 0 radical (unpaired) electrons. The van der Waals surface area contributed by atoms with Gasteiger partial charge in [-0.1, -0.05) is 6.07 Å². The van der Waals surface area contributed by atoms with Gasteiger partial charge in [0.15, 0.2) is 11.5 Å². The van der Waals surface area contributed by atoms with Crippen molar-refractivity contribution in [1.29, 1.82) is 0 Å². The highest BCUT2D eigenvalue weighted by Crippen LogP contribution is 2.33. The third-order valence-corrected chi connectivity index (χ3v) is 1.95. The van der Waals surface area contributed by atoms with Crippen LogP contribution in [0.3, 0.4) is 0 Å². The summed E-state index contributed by atoms with van der Waals surface area (Å²) < 4.78 is 10.2. The number of hydrogen-bond acceptors (Lipinski definition) is 4. The fourth-order valence-corrected chi connectivity index (χ4v) is 1.23. The summed E-state index contributed by atoms with van der Waals surface area (Å²) in [7, 11) is 0. The first-order chi connectivity index (χ1) is 6.31. The van der Waals surface area contributed by atoms with E-state index in [0.717, 1.165) is 0 Å². The Morgan fingerprint density at radius 3 is 2.85 bits per heavy atom. The maximum atomic E-state index is 9.31. The second kappa shape index (κ2) is 3.24. The van der Waals surface area contributed by atoms with E-state index in [4.69, 9.17) is 14.6 Å². The molecule has 4 heteroatoms. The van der Waals surface area contributed by atoms with Gasteiger partial charge in [-0.05, 0) is 17.7 Å². The van der Waals surface area contributed by atoms with Crippen LogP contribution in [0.1, 0.15) is 11.7 Å². The van der Waals surface area contributed by atoms with E-state index in [0.29, 0.717) is 17.1 Å². The standard InChI is InChI=1S/C9H10O4/c10-4-7(11)6-1-2-8-9(3-6)13-5-12-8/h1-3,7,10-11H,4-5H2. The Labute approximate surface area is 75.3 Å². The molecule has 1 atom stereocenters. The van der Waals surface area contributed by atoms with Crippen molar-refractivity contribution in [2.75, 3.05) is 13.4 Å². The molecule has 13 heavy (non-hydrogen) atoms. The van der Waals surface area contributed by atoms with Crippen molar-refractivity contribution in [2.24, 2.45) is 0 Å². The molecule has 0 bridgehead atoms. The summed E-state index contributed by atoms with van der Waals surface area (Å²) in [5, 5.41) is 18.0. The van der Waals surface area contributed by atoms with Crippen LogP contribution in [0.2, 0.25) is 0 Å². The predicted octanol–water partition coefficient (Wildman–Crippen LogP) is 0.441. The van der Waals surface area contributed by atoms with Crippen LogP contribution in [0.5, 0.6) is 11.5 Å². The molecule has 1 aliphatic rings. The highest BCUT2D eigenvalue weighted by molar-refractivity contribution is 5.45. The van der Waals surface area contributed by atoms with E-state index in [-0.39, 0.29) is 13.4 Å². The van der Waals surface area contributed by atoms with E-state index in [1.165, 1.54) is 0 Å². The smallest absolute Gasteiger partial charge is 0.231 e. The van der Waals surface area contributed by atoms with E-state index in [9.17, 15) is 5.11 Å². The van der Waals surface area contributed by atoms with Crippen LogP contribution in [0.4, 0.5) is 0 Å². The first kappa shape index (κ1) is 8.34. The summed E-state index contributed by atoms with van der Waals surface area (Å²) in [4.78, 5) is 0. The van der Waals surface area contributed by atoms with Crippen LogP contribution >= 0.6 is 0 Å². The molecule has 1 aromatic rings. The summed E-state index contributed by atoms with van der Waals surface area (Å²) in [5.74, 6) is 1.29. The number of hydrogen-bond donors (Lipinski definition) is 2. The molecule has 1 aromatic carbocycles. The zero-order chi connectivity index (χ0) is 9.26. The number of rotatable bonds is 2. The normalized spacial score (nSPS) is 15.8. The lowest BCUT2D eigenvalue weighted by Gasteiger charge is -2.07. The van der Waals surface area contributed by atoms with Crippen LogP contribution < -0.4 is 9.47 Å². The van der Waals surface area contributed by atoms with Gasteiger partial charge in [-0.3, -0.25) is 0 Å². The van der Waals surface area contributed by atoms with Crippen molar-refractivity contribution in [2.45, 2.75) is 6.10 Å². The molecule has 0 saturated heterocycles. The minimum Gasteiger partial charge on any atom is -0.454 e.